The molecule has 0 aromatic heterocycles. The van der Waals surface area contributed by atoms with Gasteiger partial charge in [0, 0.05) is 5.92 Å². The Hall–Kier alpha value is -2.37. The first-order valence-corrected chi connectivity index (χ1v) is 6.85. The molecule has 21 heavy (non-hydrogen) atoms. The maximum Gasteiger partial charge on any atom is 0.308 e. The fourth-order valence-electron chi connectivity index (χ4n) is 1.82. The minimum absolute atomic E-state index is 0.0489. The molecule has 6 heteroatoms. The van der Waals surface area contributed by atoms with Gasteiger partial charge in [-0.2, -0.15) is 0 Å². The van der Waals surface area contributed by atoms with Gasteiger partial charge in [0.15, 0.2) is 0 Å². The first-order chi connectivity index (χ1) is 10.1. The second-order valence-electron chi connectivity index (χ2n) is 5.09. The summed E-state index contributed by atoms with van der Waals surface area (Å²) in [5.74, 6) is -1.58. The maximum absolute atomic E-state index is 11.7. The van der Waals surface area contributed by atoms with Crippen LogP contribution in [0.15, 0.2) is 30.3 Å². The molecule has 0 unspecified atom stereocenters. The Morgan fingerprint density at radius 3 is 2.48 bits per heavy atom. The normalized spacial score (nSPS) is 15.0. The molecule has 6 nitrogen and oxygen atoms in total. The third-order valence-corrected chi connectivity index (χ3v) is 3.22. The highest BCUT2D eigenvalue weighted by atomic mass is 16.5. The molecular formula is C15H18N2O4. The molecular weight excluding hydrogens is 272 g/mol. The average molecular weight is 290 g/mol. The number of amides is 2. The quantitative estimate of drug-likeness (QED) is 0.714. The fraction of sp³-hybridized carbons (Fsp3) is 0.400. The summed E-state index contributed by atoms with van der Waals surface area (Å²) in [6, 6.07) is 8.18. The number of hydrogen-bond acceptors (Lipinski definition) is 4. The number of primary amides is 1. The van der Waals surface area contributed by atoms with Gasteiger partial charge in [0.05, 0.1) is 6.42 Å². The van der Waals surface area contributed by atoms with Crippen LogP contribution in [0.4, 0.5) is 0 Å². The van der Waals surface area contributed by atoms with Gasteiger partial charge in [-0.1, -0.05) is 30.3 Å². The van der Waals surface area contributed by atoms with E-state index in [1.165, 1.54) is 0 Å². The Morgan fingerprint density at radius 2 is 1.90 bits per heavy atom. The number of ether oxygens (including phenoxy) is 1. The molecule has 0 aliphatic heterocycles. The third kappa shape index (κ3) is 4.91. The zero-order chi connectivity index (χ0) is 15.2. The SMILES string of the molecule is NC(=O)[C@@H](CC(=O)OCc1ccccc1)NC(=O)C1CC1. The van der Waals surface area contributed by atoms with E-state index < -0.39 is 17.9 Å². The molecule has 1 atom stereocenters. The summed E-state index contributed by atoms with van der Waals surface area (Å²) < 4.78 is 5.07. The van der Waals surface area contributed by atoms with Crippen LogP contribution in [0.1, 0.15) is 24.8 Å². The smallest absolute Gasteiger partial charge is 0.308 e. The number of esters is 1. The Balaban J connectivity index is 1.80. The molecule has 0 bridgehead atoms. The van der Waals surface area contributed by atoms with Crippen LogP contribution in [0.2, 0.25) is 0 Å². The zero-order valence-corrected chi connectivity index (χ0v) is 11.6. The molecule has 1 aromatic rings. The largest absolute Gasteiger partial charge is 0.461 e. The van der Waals surface area contributed by atoms with Crippen molar-refractivity contribution in [1.82, 2.24) is 5.32 Å². The van der Waals surface area contributed by atoms with Gasteiger partial charge in [-0.15, -0.1) is 0 Å². The van der Waals surface area contributed by atoms with E-state index in [1.54, 1.807) is 0 Å². The molecule has 2 rings (SSSR count). The number of hydrogen-bond donors (Lipinski definition) is 2. The van der Waals surface area contributed by atoms with Gasteiger partial charge in [0.2, 0.25) is 11.8 Å². The lowest BCUT2D eigenvalue weighted by molar-refractivity contribution is -0.147. The van der Waals surface area contributed by atoms with Crippen LogP contribution in [0.25, 0.3) is 0 Å². The number of nitrogens with two attached hydrogens (primary N) is 1. The van der Waals surface area contributed by atoms with E-state index in [0.29, 0.717) is 0 Å². The highest BCUT2D eigenvalue weighted by Gasteiger charge is 2.32. The molecule has 0 radical (unpaired) electrons. The Morgan fingerprint density at radius 1 is 1.24 bits per heavy atom. The number of nitrogens with one attached hydrogen (secondary N) is 1. The standard InChI is InChI=1S/C15H18N2O4/c16-14(19)12(17-15(20)11-6-7-11)8-13(18)21-9-10-4-2-1-3-5-10/h1-5,11-12H,6-9H2,(H2,16,19)(H,17,20)/t12-/m1/s1. The van der Waals surface area contributed by atoms with Crippen LogP contribution in [0.3, 0.4) is 0 Å². The lowest BCUT2D eigenvalue weighted by Crippen LogP contribution is -2.46. The minimum Gasteiger partial charge on any atom is -0.461 e. The summed E-state index contributed by atoms with van der Waals surface area (Å²) in [7, 11) is 0. The predicted molar refractivity (Wildman–Crippen MR) is 74.7 cm³/mol. The summed E-state index contributed by atoms with van der Waals surface area (Å²) in [5.41, 5.74) is 6.05. The van der Waals surface area contributed by atoms with E-state index in [0.717, 1.165) is 18.4 Å². The topological polar surface area (TPSA) is 98.5 Å². The van der Waals surface area contributed by atoms with Gasteiger partial charge in [0.25, 0.3) is 0 Å². The van der Waals surface area contributed by atoms with E-state index in [9.17, 15) is 14.4 Å². The number of carbonyl (C=O) groups excluding carboxylic acids is 3. The Bertz CT molecular complexity index is 526. The molecule has 0 heterocycles. The van der Waals surface area contributed by atoms with Crippen molar-refractivity contribution < 1.29 is 19.1 Å². The molecule has 1 fully saturated rings. The van der Waals surface area contributed by atoms with E-state index in [4.69, 9.17) is 10.5 Å². The summed E-state index contributed by atoms with van der Waals surface area (Å²) in [5, 5.41) is 2.49. The van der Waals surface area contributed by atoms with Gasteiger partial charge < -0.3 is 15.8 Å². The number of benzene rings is 1. The van der Waals surface area contributed by atoms with Crippen LogP contribution in [-0.4, -0.2) is 23.8 Å². The fourth-order valence-corrected chi connectivity index (χ4v) is 1.82. The van der Waals surface area contributed by atoms with E-state index in [2.05, 4.69) is 5.32 Å². The van der Waals surface area contributed by atoms with Crippen LogP contribution < -0.4 is 11.1 Å². The predicted octanol–water partition coefficient (Wildman–Crippen LogP) is 0.500. The second kappa shape index (κ2) is 6.88. The first kappa shape index (κ1) is 15.0. The molecule has 0 saturated heterocycles. The van der Waals surface area contributed by atoms with Crippen molar-refractivity contribution in [3.63, 3.8) is 0 Å². The third-order valence-electron chi connectivity index (χ3n) is 3.22. The second-order valence-corrected chi connectivity index (χ2v) is 5.09. The van der Waals surface area contributed by atoms with Gasteiger partial charge >= 0.3 is 5.97 Å². The van der Waals surface area contributed by atoms with Gasteiger partial charge in [-0.05, 0) is 18.4 Å². The van der Waals surface area contributed by atoms with Crippen LogP contribution in [0.5, 0.6) is 0 Å². The molecule has 1 saturated carbocycles. The average Bonchev–Trinajstić information content (AvgIpc) is 3.30. The molecule has 1 aliphatic rings. The van der Waals surface area contributed by atoms with Gasteiger partial charge in [0.1, 0.15) is 12.6 Å². The summed E-state index contributed by atoms with van der Waals surface area (Å²) in [6.45, 7) is 0.127. The Labute approximate surface area is 122 Å². The molecule has 1 aromatic carbocycles. The van der Waals surface area contributed by atoms with Crippen molar-refractivity contribution in [2.24, 2.45) is 11.7 Å². The highest BCUT2D eigenvalue weighted by Crippen LogP contribution is 2.28. The van der Waals surface area contributed by atoms with Crippen LogP contribution in [0, 0.1) is 5.92 Å². The molecule has 1 aliphatic carbocycles. The summed E-state index contributed by atoms with van der Waals surface area (Å²) in [6.07, 6.45) is 1.38. The zero-order valence-electron chi connectivity index (χ0n) is 11.6. The summed E-state index contributed by atoms with van der Waals surface area (Å²) >= 11 is 0. The van der Waals surface area contributed by atoms with Crippen molar-refractivity contribution in [3.8, 4) is 0 Å². The van der Waals surface area contributed by atoms with E-state index >= 15 is 0 Å². The van der Waals surface area contributed by atoms with Crippen molar-refractivity contribution >= 4 is 17.8 Å². The highest BCUT2D eigenvalue weighted by molar-refractivity contribution is 5.91. The molecule has 2 amide bonds. The first-order valence-electron chi connectivity index (χ1n) is 6.85. The number of carbonyl (C=O) groups is 3. The number of rotatable bonds is 7. The molecule has 0 spiro atoms. The van der Waals surface area contributed by atoms with Crippen LogP contribution in [-0.2, 0) is 25.7 Å². The van der Waals surface area contributed by atoms with Gasteiger partial charge in [-0.3, -0.25) is 14.4 Å². The van der Waals surface area contributed by atoms with Crippen molar-refractivity contribution in [2.45, 2.75) is 31.9 Å². The Kier molecular flexibility index (Phi) is 4.92. The molecule has 112 valence electrons. The lowest BCUT2D eigenvalue weighted by Gasteiger charge is -2.14. The molecule has 3 N–H and O–H groups in total. The lowest BCUT2D eigenvalue weighted by atomic mass is 10.2. The van der Waals surface area contributed by atoms with Crippen molar-refractivity contribution in [2.75, 3.05) is 0 Å². The maximum atomic E-state index is 11.7. The summed E-state index contributed by atoms with van der Waals surface area (Å²) in [4.78, 5) is 34.6. The van der Waals surface area contributed by atoms with E-state index in [1.807, 2.05) is 30.3 Å². The van der Waals surface area contributed by atoms with Gasteiger partial charge in [-0.25, -0.2) is 0 Å². The van der Waals surface area contributed by atoms with E-state index in [-0.39, 0.29) is 24.9 Å². The van der Waals surface area contributed by atoms with Crippen molar-refractivity contribution in [1.29, 1.82) is 0 Å². The van der Waals surface area contributed by atoms with Crippen molar-refractivity contribution in [3.05, 3.63) is 35.9 Å². The van der Waals surface area contributed by atoms with Crippen LogP contribution >= 0.6 is 0 Å². The minimum atomic E-state index is -1.01. The monoisotopic (exact) mass is 290 g/mol.